The van der Waals surface area contributed by atoms with Crippen LogP contribution in [0.15, 0.2) is 0 Å². The van der Waals surface area contributed by atoms with Crippen molar-refractivity contribution in [2.75, 3.05) is 39.6 Å². The second-order valence-corrected chi connectivity index (χ2v) is 30.6. The summed E-state index contributed by atoms with van der Waals surface area (Å²) in [5.41, 5.74) is 0. The van der Waals surface area contributed by atoms with Gasteiger partial charge in [0.25, 0.3) is 0 Å². The quantitative estimate of drug-likeness (QED) is 0.0222. The van der Waals surface area contributed by atoms with Crippen molar-refractivity contribution in [2.24, 2.45) is 23.7 Å². The molecule has 19 heteroatoms. The molecule has 0 saturated heterocycles. The molecular weight excluding hydrogens is 1200 g/mol. The first kappa shape index (κ1) is 89.1. The number of phosphoric ester groups is 2. The zero-order valence-corrected chi connectivity index (χ0v) is 61.3. The van der Waals surface area contributed by atoms with Crippen LogP contribution in [0.2, 0.25) is 0 Å². The summed E-state index contributed by atoms with van der Waals surface area (Å²) in [6, 6.07) is 0. The highest BCUT2D eigenvalue weighted by molar-refractivity contribution is 7.47. The van der Waals surface area contributed by atoms with Crippen molar-refractivity contribution < 1.29 is 80.2 Å². The van der Waals surface area contributed by atoms with E-state index in [-0.39, 0.29) is 25.7 Å². The monoisotopic (exact) mass is 1340 g/mol. The van der Waals surface area contributed by atoms with Crippen LogP contribution in [0.4, 0.5) is 0 Å². The highest BCUT2D eigenvalue weighted by Gasteiger charge is 2.30. The molecule has 0 aromatic rings. The molecule has 540 valence electrons. The van der Waals surface area contributed by atoms with Gasteiger partial charge in [0.1, 0.15) is 19.3 Å². The lowest BCUT2D eigenvalue weighted by atomic mass is 9.99. The first-order chi connectivity index (χ1) is 43.6. The molecule has 0 amide bonds. The third-order valence-corrected chi connectivity index (χ3v) is 18.8. The maximum absolute atomic E-state index is 13.0. The number of unbranched alkanes of at least 4 members (excludes halogenated alkanes) is 34. The molecule has 0 aliphatic carbocycles. The van der Waals surface area contributed by atoms with Crippen molar-refractivity contribution in [1.82, 2.24) is 0 Å². The Morgan fingerprint density at radius 3 is 0.780 bits per heavy atom. The summed E-state index contributed by atoms with van der Waals surface area (Å²) >= 11 is 0. The van der Waals surface area contributed by atoms with E-state index in [2.05, 4.69) is 55.4 Å². The van der Waals surface area contributed by atoms with Gasteiger partial charge < -0.3 is 33.8 Å². The lowest BCUT2D eigenvalue weighted by Crippen LogP contribution is -2.30. The van der Waals surface area contributed by atoms with Crippen molar-refractivity contribution in [3.8, 4) is 0 Å². The van der Waals surface area contributed by atoms with E-state index in [0.29, 0.717) is 25.7 Å². The van der Waals surface area contributed by atoms with E-state index in [1.807, 2.05) is 0 Å². The van der Waals surface area contributed by atoms with Gasteiger partial charge in [0.2, 0.25) is 0 Å². The number of phosphoric acid groups is 2. The second-order valence-electron chi connectivity index (χ2n) is 27.6. The van der Waals surface area contributed by atoms with Gasteiger partial charge in [0.05, 0.1) is 26.4 Å². The molecular formula is C72H140O17P2. The molecule has 0 rings (SSSR count). The number of esters is 4. The summed E-state index contributed by atoms with van der Waals surface area (Å²) in [6.07, 6.45) is 44.3. The Hall–Kier alpha value is -1.94. The Morgan fingerprint density at radius 1 is 0.308 bits per heavy atom. The van der Waals surface area contributed by atoms with Crippen LogP contribution < -0.4 is 0 Å². The topological polar surface area (TPSA) is 237 Å². The van der Waals surface area contributed by atoms with E-state index in [0.717, 1.165) is 114 Å². The number of carbonyl (C=O) groups is 4. The van der Waals surface area contributed by atoms with Gasteiger partial charge in [-0.1, -0.05) is 306 Å². The van der Waals surface area contributed by atoms with Gasteiger partial charge in [-0.2, -0.15) is 0 Å². The van der Waals surface area contributed by atoms with Crippen molar-refractivity contribution in [2.45, 2.75) is 375 Å². The third-order valence-electron chi connectivity index (χ3n) is 16.9. The van der Waals surface area contributed by atoms with Crippen LogP contribution in [0.1, 0.15) is 357 Å². The number of aliphatic hydroxyl groups excluding tert-OH is 1. The Labute approximate surface area is 556 Å². The molecule has 0 aliphatic rings. The van der Waals surface area contributed by atoms with Gasteiger partial charge in [0.15, 0.2) is 12.2 Å². The zero-order valence-electron chi connectivity index (χ0n) is 59.5. The molecule has 0 radical (unpaired) electrons. The summed E-state index contributed by atoms with van der Waals surface area (Å²) < 4.78 is 68.4. The molecule has 0 fully saturated rings. The van der Waals surface area contributed by atoms with Crippen LogP contribution in [0.25, 0.3) is 0 Å². The Morgan fingerprint density at radius 2 is 0.527 bits per heavy atom. The van der Waals surface area contributed by atoms with Gasteiger partial charge in [-0.25, -0.2) is 9.13 Å². The maximum atomic E-state index is 13.0. The van der Waals surface area contributed by atoms with E-state index < -0.39 is 97.5 Å². The first-order valence-corrected chi connectivity index (χ1v) is 40.2. The molecule has 0 bridgehead atoms. The summed E-state index contributed by atoms with van der Waals surface area (Å²) in [5, 5.41) is 10.6. The SMILES string of the molecule is CCC(C)CCCCCCCCCCC(=O)OC[C@H](COP(=O)(O)OCC(O)COP(=O)(O)OC[C@@H](COC(=O)CCCCCCCCCCC(C)C)OC(=O)CCCCCCCCCCCCC(C)C)OC(=O)CCCCCCCCCCCCCCC(C)C. The van der Waals surface area contributed by atoms with Crippen LogP contribution in [-0.2, 0) is 65.4 Å². The smallest absolute Gasteiger partial charge is 0.462 e. The van der Waals surface area contributed by atoms with Crippen LogP contribution >= 0.6 is 15.6 Å². The van der Waals surface area contributed by atoms with Crippen molar-refractivity contribution >= 4 is 39.5 Å². The van der Waals surface area contributed by atoms with Gasteiger partial charge in [0, 0.05) is 25.7 Å². The third kappa shape index (κ3) is 65.1. The van der Waals surface area contributed by atoms with E-state index >= 15 is 0 Å². The summed E-state index contributed by atoms with van der Waals surface area (Å²) in [5.74, 6) is 0.906. The number of aliphatic hydroxyl groups is 1. The average molecular weight is 1340 g/mol. The van der Waals surface area contributed by atoms with E-state index in [1.54, 1.807) is 0 Å². The minimum absolute atomic E-state index is 0.105. The molecule has 0 aliphatic heterocycles. The highest BCUT2D eigenvalue weighted by Crippen LogP contribution is 2.45. The highest BCUT2D eigenvalue weighted by atomic mass is 31.2. The normalized spacial score (nSPS) is 14.5. The zero-order chi connectivity index (χ0) is 67.5. The fourth-order valence-corrected chi connectivity index (χ4v) is 12.4. The lowest BCUT2D eigenvalue weighted by molar-refractivity contribution is -0.161. The fourth-order valence-electron chi connectivity index (χ4n) is 10.8. The summed E-state index contributed by atoms with van der Waals surface area (Å²) in [4.78, 5) is 72.7. The molecule has 17 nitrogen and oxygen atoms in total. The molecule has 0 saturated carbocycles. The van der Waals surface area contributed by atoms with E-state index in [4.69, 9.17) is 37.0 Å². The van der Waals surface area contributed by atoms with E-state index in [9.17, 15) is 43.2 Å². The Bertz CT molecular complexity index is 1800. The number of ether oxygens (including phenoxy) is 4. The molecule has 0 heterocycles. The van der Waals surface area contributed by atoms with Crippen LogP contribution in [0, 0.1) is 23.7 Å². The molecule has 6 atom stereocenters. The van der Waals surface area contributed by atoms with Crippen molar-refractivity contribution in [3.63, 3.8) is 0 Å². The summed E-state index contributed by atoms with van der Waals surface area (Å²) in [7, 11) is -9.91. The largest absolute Gasteiger partial charge is 0.472 e. The van der Waals surface area contributed by atoms with E-state index in [1.165, 1.54) is 161 Å². The standard InChI is InChI=1S/C72H140O17P2/c1-9-65(8)51-43-35-27-21-23-29-37-45-53-70(75)83-59-68(88-71(76)54-46-38-30-18-13-11-10-12-16-24-32-40-48-62(2)3)61-87-91(80,81)85-57-66(73)56-84-90(78,79)86-60-67(58-82-69(74)52-44-36-28-22-20-26-34-42-50-64(6)7)89-72(77)55-47-39-31-19-15-14-17-25-33-41-49-63(4)5/h62-68,73H,9-61H2,1-8H3,(H,78,79)(H,80,81)/t65?,66?,67-,68-/m1/s1. The molecule has 4 unspecified atom stereocenters. The lowest BCUT2D eigenvalue weighted by Gasteiger charge is -2.21. The number of hydrogen-bond acceptors (Lipinski definition) is 15. The number of hydrogen-bond donors (Lipinski definition) is 3. The van der Waals surface area contributed by atoms with Crippen LogP contribution in [0.3, 0.4) is 0 Å². The van der Waals surface area contributed by atoms with Gasteiger partial charge >= 0.3 is 39.5 Å². The van der Waals surface area contributed by atoms with Gasteiger partial charge in [-0.3, -0.25) is 37.3 Å². The predicted octanol–water partition coefficient (Wildman–Crippen LogP) is 20.5. The Balaban J connectivity index is 5.27. The Kier molecular flexibility index (Phi) is 60.3. The fraction of sp³-hybridized carbons (Fsp3) is 0.944. The molecule has 0 aromatic heterocycles. The minimum Gasteiger partial charge on any atom is -0.462 e. The minimum atomic E-state index is -4.95. The van der Waals surface area contributed by atoms with Crippen molar-refractivity contribution in [1.29, 1.82) is 0 Å². The van der Waals surface area contributed by atoms with Gasteiger partial charge in [-0.15, -0.1) is 0 Å². The van der Waals surface area contributed by atoms with Crippen molar-refractivity contribution in [3.05, 3.63) is 0 Å². The predicted molar refractivity (Wildman–Crippen MR) is 367 cm³/mol. The second kappa shape index (κ2) is 61.6. The first-order valence-electron chi connectivity index (χ1n) is 37.2. The average Bonchev–Trinajstić information content (AvgIpc) is 3.61. The number of rotatable bonds is 69. The maximum Gasteiger partial charge on any atom is 0.472 e. The molecule has 91 heavy (non-hydrogen) atoms. The molecule has 0 aromatic carbocycles. The van der Waals surface area contributed by atoms with Crippen LogP contribution in [-0.4, -0.2) is 96.7 Å². The number of carbonyl (C=O) groups excluding carboxylic acids is 4. The molecule has 3 N–H and O–H groups in total. The summed E-state index contributed by atoms with van der Waals surface area (Å²) in [6.45, 7) is 14.1. The molecule has 0 spiro atoms. The van der Waals surface area contributed by atoms with Gasteiger partial charge in [-0.05, 0) is 49.4 Å². The van der Waals surface area contributed by atoms with Crippen LogP contribution in [0.5, 0.6) is 0 Å².